The first-order chi connectivity index (χ1) is 8.87. The van der Waals surface area contributed by atoms with E-state index in [1.807, 2.05) is 13.8 Å². The normalized spacial score (nSPS) is 10.9. The van der Waals surface area contributed by atoms with E-state index in [1.54, 1.807) is 0 Å². The van der Waals surface area contributed by atoms with Crippen molar-refractivity contribution < 1.29 is 33.3 Å². The third kappa shape index (κ3) is 11.5. The largest absolute Gasteiger partial charge is 0.510 e. The molecule has 0 amide bonds. The van der Waals surface area contributed by atoms with E-state index in [4.69, 9.17) is 14.2 Å². The van der Waals surface area contributed by atoms with Gasteiger partial charge in [0.25, 0.3) is 0 Å². The van der Waals surface area contributed by atoms with Gasteiger partial charge in [-0.3, -0.25) is 4.79 Å². The van der Waals surface area contributed by atoms with Crippen molar-refractivity contribution in [1.82, 2.24) is 0 Å². The summed E-state index contributed by atoms with van der Waals surface area (Å²) < 4.78 is 24.2. The van der Waals surface area contributed by atoms with Gasteiger partial charge in [-0.05, 0) is 13.8 Å². The van der Waals surface area contributed by atoms with Gasteiger partial charge >= 0.3 is 12.1 Å². The second-order valence-electron chi connectivity index (χ2n) is 4.35. The Morgan fingerprint density at radius 3 is 2.26 bits per heavy atom. The molecule has 0 aliphatic heterocycles. The Morgan fingerprint density at radius 2 is 1.68 bits per heavy atom. The summed E-state index contributed by atoms with van der Waals surface area (Å²) >= 11 is 0. The zero-order chi connectivity index (χ0) is 14.7. The second kappa shape index (κ2) is 9.57. The molecule has 0 spiro atoms. The van der Waals surface area contributed by atoms with Crippen LogP contribution in [0.1, 0.15) is 27.2 Å². The van der Waals surface area contributed by atoms with Crippen LogP contribution in [0.3, 0.4) is 0 Å². The Bertz CT molecular complexity index is 275. The summed E-state index contributed by atoms with van der Waals surface area (Å²) in [6, 6.07) is 0. The van der Waals surface area contributed by atoms with E-state index in [2.05, 4.69) is 9.47 Å². The minimum Gasteiger partial charge on any atom is -0.463 e. The quantitative estimate of drug-likeness (QED) is 0.359. The van der Waals surface area contributed by atoms with Crippen LogP contribution in [-0.2, 0) is 28.5 Å². The fraction of sp³-hybridized carbons (Fsp3) is 0.833. The molecule has 7 nitrogen and oxygen atoms in total. The molecular weight excluding hydrogens is 256 g/mol. The highest BCUT2D eigenvalue weighted by Crippen LogP contribution is 2.14. The van der Waals surface area contributed by atoms with E-state index in [1.165, 1.54) is 14.0 Å². The van der Waals surface area contributed by atoms with Crippen LogP contribution in [0.4, 0.5) is 4.79 Å². The molecule has 0 heterocycles. The highest BCUT2D eigenvalue weighted by Gasteiger charge is 2.19. The summed E-state index contributed by atoms with van der Waals surface area (Å²) in [6.45, 7) is 5.57. The van der Waals surface area contributed by atoms with Gasteiger partial charge < -0.3 is 23.7 Å². The lowest BCUT2D eigenvalue weighted by Crippen LogP contribution is -2.29. The maximum absolute atomic E-state index is 11.0. The topological polar surface area (TPSA) is 80.3 Å². The van der Waals surface area contributed by atoms with Crippen molar-refractivity contribution in [2.75, 3.05) is 33.7 Å². The molecule has 0 aliphatic rings. The summed E-state index contributed by atoms with van der Waals surface area (Å²) in [5, 5.41) is 0. The summed E-state index contributed by atoms with van der Waals surface area (Å²) in [7, 11) is 1.41. The van der Waals surface area contributed by atoms with Gasteiger partial charge in [0.1, 0.15) is 6.61 Å². The molecule has 0 bridgehead atoms. The first-order valence-corrected chi connectivity index (χ1v) is 5.93. The lowest BCUT2D eigenvalue weighted by Gasteiger charge is -2.24. The molecule has 0 fully saturated rings. The smallest absolute Gasteiger partial charge is 0.463 e. The molecule has 0 aliphatic carbocycles. The third-order valence-corrected chi connectivity index (χ3v) is 2.10. The Labute approximate surface area is 113 Å². The number of hydrogen-bond acceptors (Lipinski definition) is 7. The predicted octanol–water partition coefficient (Wildman–Crippen LogP) is 1.49. The molecule has 0 aromatic carbocycles. The first-order valence-electron chi connectivity index (χ1n) is 5.93. The summed E-state index contributed by atoms with van der Waals surface area (Å²) in [5.74, 6) is -0.342. The molecule has 0 aromatic rings. The molecule has 0 saturated carbocycles. The fourth-order valence-electron chi connectivity index (χ4n) is 1.10. The highest BCUT2D eigenvalue weighted by molar-refractivity contribution is 5.65. The lowest BCUT2D eigenvalue weighted by atomic mass is 10.1. The molecule has 0 aromatic heterocycles. The molecule has 0 saturated heterocycles. The minimum atomic E-state index is -0.780. The highest BCUT2D eigenvalue weighted by atomic mass is 16.8. The van der Waals surface area contributed by atoms with Crippen molar-refractivity contribution >= 4 is 12.1 Å². The number of ether oxygens (including phenoxy) is 5. The van der Waals surface area contributed by atoms with Crippen LogP contribution in [0, 0.1) is 0 Å². The standard InChI is InChI=1S/C12H22O7/c1-10(13)16-7-8-19-12(2,3)5-6-17-11(14)18-9-15-4/h5-9H2,1-4H3. The molecular formula is C12H22O7. The van der Waals surface area contributed by atoms with Crippen LogP contribution < -0.4 is 0 Å². The van der Waals surface area contributed by atoms with Gasteiger partial charge in [-0.15, -0.1) is 0 Å². The summed E-state index contributed by atoms with van der Waals surface area (Å²) in [5.41, 5.74) is -0.484. The minimum absolute atomic E-state index is 0.138. The first kappa shape index (κ1) is 17.7. The fourth-order valence-corrected chi connectivity index (χ4v) is 1.10. The molecule has 19 heavy (non-hydrogen) atoms. The van der Waals surface area contributed by atoms with E-state index in [-0.39, 0.29) is 26.0 Å². The molecule has 0 atom stereocenters. The number of esters is 1. The van der Waals surface area contributed by atoms with Crippen LogP contribution in [-0.4, -0.2) is 51.4 Å². The van der Waals surface area contributed by atoms with Crippen LogP contribution in [0.25, 0.3) is 0 Å². The van der Waals surface area contributed by atoms with Crippen molar-refractivity contribution in [1.29, 1.82) is 0 Å². The van der Waals surface area contributed by atoms with E-state index in [0.29, 0.717) is 13.0 Å². The monoisotopic (exact) mass is 278 g/mol. The average molecular weight is 278 g/mol. The summed E-state index contributed by atoms with van der Waals surface area (Å²) in [6.07, 6.45) is -0.285. The Hall–Kier alpha value is -1.34. The second-order valence-corrected chi connectivity index (χ2v) is 4.35. The average Bonchev–Trinajstić information content (AvgIpc) is 2.31. The maximum Gasteiger partial charge on any atom is 0.510 e. The Morgan fingerprint density at radius 1 is 1.00 bits per heavy atom. The third-order valence-electron chi connectivity index (χ3n) is 2.10. The molecule has 112 valence electrons. The van der Waals surface area contributed by atoms with Crippen molar-refractivity contribution in [3.63, 3.8) is 0 Å². The van der Waals surface area contributed by atoms with E-state index in [9.17, 15) is 9.59 Å². The van der Waals surface area contributed by atoms with Crippen molar-refractivity contribution in [3.8, 4) is 0 Å². The van der Waals surface area contributed by atoms with E-state index < -0.39 is 11.8 Å². The zero-order valence-corrected chi connectivity index (χ0v) is 11.9. The van der Waals surface area contributed by atoms with Crippen LogP contribution >= 0.6 is 0 Å². The zero-order valence-electron chi connectivity index (χ0n) is 11.9. The number of carbonyl (C=O) groups is 2. The Balaban J connectivity index is 3.66. The molecule has 0 radical (unpaired) electrons. The number of hydrogen-bond donors (Lipinski definition) is 0. The van der Waals surface area contributed by atoms with E-state index in [0.717, 1.165) is 0 Å². The predicted molar refractivity (Wildman–Crippen MR) is 65.6 cm³/mol. The van der Waals surface area contributed by atoms with Crippen LogP contribution in [0.15, 0.2) is 0 Å². The number of methoxy groups -OCH3 is 1. The molecule has 0 unspecified atom stereocenters. The van der Waals surface area contributed by atoms with Gasteiger partial charge in [0.2, 0.25) is 0 Å². The number of rotatable bonds is 9. The van der Waals surface area contributed by atoms with Gasteiger partial charge in [0.15, 0.2) is 6.79 Å². The number of carbonyl (C=O) groups excluding carboxylic acids is 2. The van der Waals surface area contributed by atoms with Crippen molar-refractivity contribution in [2.45, 2.75) is 32.8 Å². The van der Waals surface area contributed by atoms with Gasteiger partial charge in [-0.1, -0.05) is 0 Å². The Kier molecular flexibility index (Phi) is 8.90. The maximum atomic E-state index is 11.0. The lowest BCUT2D eigenvalue weighted by molar-refractivity contribution is -0.144. The van der Waals surface area contributed by atoms with Gasteiger partial charge in [0, 0.05) is 20.5 Å². The molecule has 0 N–H and O–H groups in total. The molecule has 7 heteroatoms. The van der Waals surface area contributed by atoms with Gasteiger partial charge in [-0.2, -0.15) is 0 Å². The molecule has 0 rings (SSSR count). The van der Waals surface area contributed by atoms with Gasteiger partial charge in [0.05, 0.1) is 18.8 Å². The van der Waals surface area contributed by atoms with Crippen LogP contribution in [0.2, 0.25) is 0 Å². The van der Waals surface area contributed by atoms with Crippen molar-refractivity contribution in [3.05, 3.63) is 0 Å². The van der Waals surface area contributed by atoms with Crippen LogP contribution in [0.5, 0.6) is 0 Å². The summed E-state index contributed by atoms with van der Waals surface area (Å²) in [4.78, 5) is 21.5. The van der Waals surface area contributed by atoms with Gasteiger partial charge in [-0.25, -0.2) is 4.79 Å². The SMILES string of the molecule is COCOC(=O)OCCC(C)(C)OCCOC(C)=O. The van der Waals surface area contributed by atoms with E-state index >= 15 is 0 Å². The van der Waals surface area contributed by atoms with Crippen molar-refractivity contribution in [2.24, 2.45) is 0 Å².